The van der Waals surface area contributed by atoms with Gasteiger partial charge in [-0.15, -0.1) is 0 Å². The lowest BCUT2D eigenvalue weighted by molar-refractivity contribution is 0.430. The Morgan fingerprint density at radius 3 is 2.93 bits per heavy atom. The lowest BCUT2D eigenvalue weighted by Crippen LogP contribution is -2.25. The van der Waals surface area contributed by atoms with Gasteiger partial charge in [0.25, 0.3) is 5.56 Å². The molecule has 0 aromatic carbocycles. The van der Waals surface area contributed by atoms with Gasteiger partial charge in [-0.3, -0.25) is 9.36 Å². The number of nitrogens with zero attached hydrogens (tertiary/aromatic N) is 2. The van der Waals surface area contributed by atoms with E-state index in [4.69, 9.17) is 11.6 Å². The van der Waals surface area contributed by atoms with Crippen molar-refractivity contribution in [2.24, 2.45) is 0 Å². The molecule has 1 saturated carbocycles. The van der Waals surface area contributed by atoms with Gasteiger partial charge in [0.1, 0.15) is 17.7 Å². The first kappa shape index (κ1) is 9.65. The normalized spacial score (nSPS) is 15.9. The largest absolute Gasteiger partial charge is 0.294 e. The molecule has 0 spiro atoms. The first-order valence-electron chi connectivity index (χ1n) is 4.55. The van der Waals surface area contributed by atoms with Crippen molar-refractivity contribution in [3.8, 4) is 0 Å². The first-order chi connectivity index (χ1) is 6.72. The molecule has 0 unspecified atom stereocenters. The number of halogens is 2. The summed E-state index contributed by atoms with van der Waals surface area (Å²) in [5.41, 5.74) is -0.260. The number of rotatable bonds is 3. The molecule has 0 radical (unpaired) electrons. The van der Waals surface area contributed by atoms with E-state index >= 15 is 0 Å². The average Bonchev–Trinajstić information content (AvgIpc) is 2.92. The molecule has 1 fully saturated rings. The predicted octanol–water partition coefficient (Wildman–Crippen LogP) is 1.74. The molecule has 1 aromatic heterocycles. The van der Waals surface area contributed by atoms with Crippen LogP contribution >= 0.6 is 11.6 Å². The molecule has 3 nitrogen and oxygen atoms in total. The summed E-state index contributed by atoms with van der Waals surface area (Å²) in [7, 11) is 0. The van der Waals surface area contributed by atoms with E-state index in [1.165, 1.54) is 10.6 Å². The molecule has 76 valence electrons. The standard InChI is InChI=1S/C9H10ClFN2O/c10-7-5-8(14)13(4-3-11)9(12-7)6-1-2-6/h5-6H,1-4H2. The second-order valence-corrected chi connectivity index (χ2v) is 3.78. The van der Waals surface area contributed by atoms with E-state index in [0.29, 0.717) is 11.7 Å². The lowest BCUT2D eigenvalue weighted by Gasteiger charge is -2.08. The van der Waals surface area contributed by atoms with Gasteiger partial charge >= 0.3 is 0 Å². The van der Waals surface area contributed by atoms with Crippen molar-refractivity contribution < 1.29 is 4.39 Å². The van der Waals surface area contributed by atoms with Gasteiger partial charge in [-0.2, -0.15) is 0 Å². The van der Waals surface area contributed by atoms with E-state index in [0.717, 1.165) is 12.8 Å². The highest BCUT2D eigenvalue weighted by Crippen LogP contribution is 2.38. The monoisotopic (exact) mass is 216 g/mol. The van der Waals surface area contributed by atoms with Gasteiger partial charge in [0.15, 0.2) is 0 Å². The van der Waals surface area contributed by atoms with Crippen LogP contribution < -0.4 is 5.56 Å². The fourth-order valence-corrected chi connectivity index (χ4v) is 1.64. The molecule has 0 atom stereocenters. The molecule has 0 N–H and O–H groups in total. The molecule has 0 aliphatic heterocycles. The summed E-state index contributed by atoms with van der Waals surface area (Å²) >= 11 is 5.68. The highest BCUT2D eigenvalue weighted by molar-refractivity contribution is 6.29. The van der Waals surface area contributed by atoms with E-state index in [9.17, 15) is 9.18 Å². The minimum absolute atomic E-state index is 0.0782. The van der Waals surface area contributed by atoms with Crippen LogP contribution in [-0.2, 0) is 6.54 Å². The summed E-state index contributed by atoms with van der Waals surface area (Å²) in [5.74, 6) is 0.938. The Balaban J connectivity index is 2.47. The molecular formula is C9H10ClFN2O. The van der Waals surface area contributed by atoms with Gasteiger partial charge in [0, 0.05) is 12.0 Å². The molecule has 14 heavy (non-hydrogen) atoms. The molecule has 0 saturated heterocycles. The smallest absolute Gasteiger partial charge is 0.255 e. The lowest BCUT2D eigenvalue weighted by atomic mass is 10.3. The zero-order valence-corrected chi connectivity index (χ0v) is 8.30. The summed E-state index contributed by atoms with van der Waals surface area (Å²) in [6, 6.07) is 1.23. The average molecular weight is 217 g/mol. The minimum atomic E-state index is -0.553. The van der Waals surface area contributed by atoms with Crippen LogP contribution in [0.3, 0.4) is 0 Å². The highest BCUT2D eigenvalue weighted by atomic mass is 35.5. The Hall–Kier alpha value is -0.900. The van der Waals surface area contributed by atoms with Crippen LogP contribution in [0.25, 0.3) is 0 Å². The Morgan fingerprint density at radius 2 is 2.36 bits per heavy atom. The minimum Gasteiger partial charge on any atom is -0.294 e. The fraction of sp³-hybridized carbons (Fsp3) is 0.556. The summed E-state index contributed by atoms with van der Waals surface area (Å²) < 4.78 is 13.6. The third-order valence-electron chi connectivity index (χ3n) is 2.26. The summed E-state index contributed by atoms with van der Waals surface area (Å²) in [6.45, 7) is -0.474. The van der Waals surface area contributed by atoms with Gasteiger partial charge in [-0.05, 0) is 12.8 Å². The molecule has 0 bridgehead atoms. The third-order valence-corrected chi connectivity index (χ3v) is 2.45. The van der Waals surface area contributed by atoms with E-state index < -0.39 is 6.67 Å². The molecule has 1 heterocycles. The molecule has 1 aliphatic carbocycles. The maximum Gasteiger partial charge on any atom is 0.255 e. The van der Waals surface area contributed by atoms with Crippen molar-refractivity contribution in [1.82, 2.24) is 9.55 Å². The van der Waals surface area contributed by atoms with Crippen LogP contribution in [0.15, 0.2) is 10.9 Å². The Labute approximate surface area is 85.5 Å². The maximum absolute atomic E-state index is 12.2. The van der Waals surface area contributed by atoms with Crippen LogP contribution in [-0.4, -0.2) is 16.2 Å². The Kier molecular flexibility index (Phi) is 2.54. The fourth-order valence-electron chi connectivity index (χ4n) is 1.46. The van der Waals surface area contributed by atoms with Crippen molar-refractivity contribution in [2.45, 2.75) is 25.3 Å². The number of hydrogen-bond acceptors (Lipinski definition) is 2. The van der Waals surface area contributed by atoms with E-state index in [-0.39, 0.29) is 17.3 Å². The molecule has 2 rings (SSSR count). The SMILES string of the molecule is O=c1cc(Cl)nc(C2CC2)n1CCF. The van der Waals surface area contributed by atoms with Gasteiger partial charge in [-0.25, -0.2) is 9.37 Å². The summed E-state index contributed by atoms with van der Waals surface area (Å²) in [4.78, 5) is 15.5. The van der Waals surface area contributed by atoms with Crippen LogP contribution in [0.1, 0.15) is 24.6 Å². The second-order valence-electron chi connectivity index (χ2n) is 3.39. The van der Waals surface area contributed by atoms with Crippen molar-refractivity contribution in [2.75, 3.05) is 6.67 Å². The number of alkyl halides is 1. The summed E-state index contributed by atoms with van der Waals surface area (Å²) in [5, 5.41) is 0.201. The zero-order chi connectivity index (χ0) is 10.1. The van der Waals surface area contributed by atoms with E-state index in [1.54, 1.807) is 0 Å². The zero-order valence-electron chi connectivity index (χ0n) is 7.54. The van der Waals surface area contributed by atoms with Crippen LogP contribution in [0.5, 0.6) is 0 Å². The van der Waals surface area contributed by atoms with Gasteiger partial charge in [0.2, 0.25) is 0 Å². The third kappa shape index (κ3) is 1.80. The van der Waals surface area contributed by atoms with Gasteiger partial charge in [0.05, 0.1) is 6.54 Å². The maximum atomic E-state index is 12.2. The van der Waals surface area contributed by atoms with Crippen molar-refractivity contribution >= 4 is 11.6 Å². The molecular weight excluding hydrogens is 207 g/mol. The molecule has 1 aromatic rings. The van der Waals surface area contributed by atoms with Crippen LogP contribution in [0, 0.1) is 0 Å². The molecule has 5 heteroatoms. The predicted molar refractivity (Wildman–Crippen MR) is 51.5 cm³/mol. The Bertz CT molecular complexity index is 400. The van der Waals surface area contributed by atoms with Crippen molar-refractivity contribution in [1.29, 1.82) is 0 Å². The molecule has 1 aliphatic rings. The van der Waals surface area contributed by atoms with Gasteiger partial charge in [-0.1, -0.05) is 11.6 Å². The highest BCUT2D eigenvalue weighted by Gasteiger charge is 2.28. The summed E-state index contributed by atoms with van der Waals surface area (Å²) in [6.07, 6.45) is 2.03. The second kappa shape index (κ2) is 3.69. The Morgan fingerprint density at radius 1 is 1.64 bits per heavy atom. The number of hydrogen-bond donors (Lipinski definition) is 0. The van der Waals surface area contributed by atoms with E-state index in [2.05, 4.69) is 4.98 Å². The quantitative estimate of drug-likeness (QED) is 0.722. The molecule has 0 amide bonds. The first-order valence-corrected chi connectivity index (χ1v) is 4.93. The topological polar surface area (TPSA) is 34.9 Å². The van der Waals surface area contributed by atoms with Crippen LogP contribution in [0.4, 0.5) is 4.39 Å². The van der Waals surface area contributed by atoms with Crippen molar-refractivity contribution in [3.05, 3.63) is 27.4 Å². The van der Waals surface area contributed by atoms with E-state index in [1.807, 2.05) is 0 Å². The van der Waals surface area contributed by atoms with Crippen molar-refractivity contribution in [3.63, 3.8) is 0 Å². The van der Waals surface area contributed by atoms with Gasteiger partial charge < -0.3 is 0 Å². The van der Waals surface area contributed by atoms with Crippen LogP contribution in [0.2, 0.25) is 5.15 Å². The number of aromatic nitrogens is 2.